The predicted octanol–water partition coefficient (Wildman–Crippen LogP) is 5.82. The van der Waals surface area contributed by atoms with Crippen molar-refractivity contribution >= 4 is 17.6 Å². The van der Waals surface area contributed by atoms with Crippen molar-refractivity contribution in [1.82, 2.24) is 0 Å². The summed E-state index contributed by atoms with van der Waals surface area (Å²) >= 11 is 0. The summed E-state index contributed by atoms with van der Waals surface area (Å²) in [5, 5.41) is 0. The van der Waals surface area contributed by atoms with E-state index in [1.807, 2.05) is 62.4 Å². The molecule has 1 heterocycles. The van der Waals surface area contributed by atoms with Gasteiger partial charge in [0.1, 0.15) is 5.75 Å². The second-order valence-corrected chi connectivity index (χ2v) is 8.22. The van der Waals surface area contributed by atoms with Gasteiger partial charge in [-0.15, -0.1) is 0 Å². The third-order valence-corrected chi connectivity index (χ3v) is 6.45. The Labute approximate surface area is 197 Å². The molecule has 176 valence electrons. The highest BCUT2D eigenvalue weighted by Gasteiger charge is 2.80. The molecule has 0 saturated heterocycles. The highest BCUT2D eigenvalue weighted by atomic mass is 16.5. The van der Waals surface area contributed by atoms with Crippen LogP contribution in [0.4, 0.5) is 5.69 Å². The van der Waals surface area contributed by atoms with Crippen molar-refractivity contribution in [2.45, 2.75) is 58.9 Å². The molecule has 2 aromatic rings. The molecule has 5 heteroatoms. The summed E-state index contributed by atoms with van der Waals surface area (Å²) in [6.07, 6.45) is 6.55. The maximum atomic E-state index is 13.9. The van der Waals surface area contributed by atoms with Crippen LogP contribution in [0.5, 0.6) is 5.75 Å². The number of esters is 1. The first-order valence-corrected chi connectivity index (χ1v) is 11.9. The molecular weight excluding hydrogens is 414 g/mol. The average molecular weight is 450 g/mol. The Kier molecular flexibility index (Phi) is 7.62. The van der Waals surface area contributed by atoms with E-state index in [9.17, 15) is 9.59 Å². The van der Waals surface area contributed by atoms with Gasteiger partial charge < -0.3 is 14.4 Å². The summed E-state index contributed by atoms with van der Waals surface area (Å²) in [4.78, 5) is 28.8. The molecule has 4 rings (SSSR count). The zero-order valence-corrected chi connectivity index (χ0v) is 20.4. The van der Waals surface area contributed by atoms with Crippen LogP contribution in [-0.4, -0.2) is 25.6 Å². The standard InChI is InChI=1S/C26H29NO4.C2H6/c1-4-6-9-16-25-18-26(25,24(29)31-5-2)23(28)27(22-11-8-7-10-21(22)25)17-19-12-14-20(30-3)15-13-19;1-2/h7-16H,4-6,17-18H2,1-3H3;1-2H3/b16-9+;. The lowest BCUT2D eigenvalue weighted by Gasteiger charge is -2.37. The number of benzene rings is 2. The van der Waals surface area contributed by atoms with Gasteiger partial charge in [0.2, 0.25) is 5.91 Å². The van der Waals surface area contributed by atoms with Crippen LogP contribution in [0, 0.1) is 5.41 Å². The molecule has 2 unspecified atom stereocenters. The lowest BCUT2D eigenvalue weighted by molar-refractivity contribution is -0.154. The van der Waals surface area contributed by atoms with Gasteiger partial charge >= 0.3 is 5.97 Å². The van der Waals surface area contributed by atoms with E-state index in [-0.39, 0.29) is 12.5 Å². The Morgan fingerprint density at radius 2 is 1.79 bits per heavy atom. The van der Waals surface area contributed by atoms with E-state index in [4.69, 9.17) is 9.47 Å². The fraction of sp³-hybridized carbons (Fsp3) is 0.429. The number of carbonyl (C=O) groups is 2. The van der Waals surface area contributed by atoms with E-state index in [2.05, 4.69) is 19.1 Å². The maximum Gasteiger partial charge on any atom is 0.322 e. The van der Waals surface area contributed by atoms with E-state index < -0.39 is 16.8 Å². The van der Waals surface area contributed by atoms with Crippen molar-refractivity contribution in [2.75, 3.05) is 18.6 Å². The third kappa shape index (κ3) is 4.05. The average Bonchev–Trinajstić information content (AvgIpc) is 3.56. The van der Waals surface area contributed by atoms with E-state index in [1.54, 1.807) is 18.9 Å². The Balaban J connectivity index is 0.00000149. The van der Waals surface area contributed by atoms with Crippen LogP contribution in [-0.2, 0) is 26.3 Å². The number of hydrogen-bond donors (Lipinski definition) is 0. The number of fused-ring (bicyclic) bond motifs is 3. The number of anilines is 1. The molecular formula is C28H35NO4. The molecule has 0 radical (unpaired) electrons. The highest BCUT2D eigenvalue weighted by Crippen LogP contribution is 2.71. The van der Waals surface area contributed by atoms with Gasteiger partial charge in [-0.2, -0.15) is 0 Å². The van der Waals surface area contributed by atoms with E-state index in [0.29, 0.717) is 13.0 Å². The Morgan fingerprint density at radius 1 is 1.09 bits per heavy atom. The Morgan fingerprint density at radius 3 is 2.42 bits per heavy atom. The molecule has 0 N–H and O–H groups in total. The molecule has 5 nitrogen and oxygen atoms in total. The SMILES string of the molecule is CC.CCC/C=C/C12CC1(C(=O)OCC)C(=O)N(Cc1ccc(OC)cc1)c1ccccc12. The monoisotopic (exact) mass is 449 g/mol. The molecule has 2 aromatic carbocycles. The number of methoxy groups -OCH3 is 1. The lowest BCUT2D eigenvalue weighted by Crippen LogP contribution is -2.49. The van der Waals surface area contributed by atoms with E-state index in [1.165, 1.54) is 0 Å². The molecule has 1 fully saturated rings. The first-order valence-electron chi connectivity index (χ1n) is 11.9. The van der Waals surface area contributed by atoms with Crippen LogP contribution in [0.3, 0.4) is 0 Å². The van der Waals surface area contributed by atoms with Gasteiger partial charge in [-0.1, -0.05) is 69.7 Å². The Bertz CT molecular complexity index is 1010. The van der Waals surface area contributed by atoms with Crippen LogP contribution >= 0.6 is 0 Å². The zero-order valence-electron chi connectivity index (χ0n) is 20.4. The molecule has 0 aromatic heterocycles. The minimum Gasteiger partial charge on any atom is -0.497 e. The largest absolute Gasteiger partial charge is 0.497 e. The van der Waals surface area contributed by atoms with Crippen LogP contribution in [0.1, 0.15) is 58.1 Å². The second-order valence-electron chi connectivity index (χ2n) is 8.22. The minimum absolute atomic E-state index is 0.179. The topological polar surface area (TPSA) is 55.8 Å². The number of carbonyl (C=O) groups excluding carboxylic acids is 2. The van der Waals surface area contributed by atoms with Crippen LogP contribution in [0.15, 0.2) is 60.7 Å². The predicted molar refractivity (Wildman–Crippen MR) is 131 cm³/mol. The molecule has 0 bridgehead atoms. The summed E-state index contributed by atoms with van der Waals surface area (Å²) < 4.78 is 10.7. The van der Waals surface area contributed by atoms with Gasteiger partial charge in [-0.3, -0.25) is 9.59 Å². The number of hydrogen-bond acceptors (Lipinski definition) is 4. The summed E-state index contributed by atoms with van der Waals surface area (Å²) in [7, 11) is 1.63. The quantitative estimate of drug-likeness (QED) is 0.290. The molecule has 33 heavy (non-hydrogen) atoms. The fourth-order valence-electron chi connectivity index (χ4n) is 4.80. The van der Waals surface area contributed by atoms with Crippen molar-refractivity contribution in [2.24, 2.45) is 5.41 Å². The molecule has 0 spiro atoms. The van der Waals surface area contributed by atoms with Crippen molar-refractivity contribution < 1.29 is 19.1 Å². The Hall–Kier alpha value is -3.08. The summed E-state index contributed by atoms with van der Waals surface area (Å²) in [5.74, 6) is 0.163. The summed E-state index contributed by atoms with van der Waals surface area (Å²) in [6, 6.07) is 15.6. The minimum atomic E-state index is -1.19. The molecule has 1 aliphatic heterocycles. The number of amides is 1. The second kappa shape index (κ2) is 10.2. The first-order chi connectivity index (χ1) is 16.0. The molecule has 2 aliphatic rings. The van der Waals surface area contributed by atoms with Gasteiger partial charge in [0.15, 0.2) is 5.41 Å². The van der Waals surface area contributed by atoms with Crippen LogP contribution in [0.25, 0.3) is 0 Å². The normalized spacial score (nSPS) is 22.7. The lowest BCUT2D eigenvalue weighted by atomic mass is 9.79. The molecule has 1 saturated carbocycles. The van der Waals surface area contributed by atoms with E-state index in [0.717, 1.165) is 35.4 Å². The summed E-state index contributed by atoms with van der Waals surface area (Å²) in [6.45, 7) is 8.53. The van der Waals surface area contributed by atoms with Gasteiger partial charge in [0, 0.05) is 11.1 Å². The van der Waals surface area contributed by atoms with Gasteiger partial charge in [-0.25, -0.2) is 0 Å². The van der Waals surface area contributed by atoms with Crippen molar-refractivity contribution in [3.63, 3.8) is 0 Å². The van der Waals surface area contributed by atoms with Gasteiger partial charge in [-0.05, 0) is 49.1 Å². The number of allylic oxidation sites excluding steroid dienone is 2. The highest BCUT2D eigenvalue weighted by molar-refractivity contribution is 6.18. The smallest absolute Gasteiger partial charge is 0.322 e. The molecule has 1 amide bonds. The number of unbranched alkanes of at least 4 members (excludes halogenated alkanes) is 1. The number of ether oxygens (including phenoxy) is 2. The van der Waals surface area contributed by atoms with Crippen molar-refractivity contribution in [3.05, 3.63) is 71.8 Å². The van der Waals surface area contributed by atoms with Crippen LogP contribution in [0.2, 0.25) is 0 Å². The number of para-hydroxylation sites is 1. The molecule has 1 aliphatic carbocycles. The van der Waals surface area contributed by atoms with Crippen molar-refractivity contribution in [3.8, 4) is 5.75 Å². The van der Waals surface area contributed by atoms with E-state index >= 15 is 0 Å². The van der Waals surface area contributed by atoms with Crippen LogP contribution < -0.4 is 9.64 Å². The summed E-state index contributed by atoms with van der Waals surface area (Å²) in [5.41, 5.74) is 1.04. The third-order valence-electron chi connectivity index (χ3n) is 6.45. The molecule has 2 atom stereocenters. The first kappa shape index (κ1) is 24.6. The number of rotatable bonds is 8. The maximum absolute atomic E-state index is 13.9. The van der Waals surface area contributed by atoms with Crippen molar-refractivity contribution in [1.29, 1.82) is 0 Å². The number of nitrogens with zero attached hydrogens (tertiary/aromatic N) is 1. The zero-order chi connectivity index (χ0) is 24.1. The fourth-order valence-corrected chi connectivity index (χ4v) is 4.80. The van der Waals surface area contributed by atoms with Gasteiger partial charge in [0.25, 0.3) is 0 Å². The van der Waals surface area contributed by atoms with Gasteiger partial charge in [0.05, 0.1) is 20.3 Å².